The Morgan fingerprint density at radius 2 is 2.05 bits per heavy atom. The van der Waals surface area contributed by atoms with E-state index < -0.39 is 5.82 Å². The van der Waals surface area contributed by atoms with E-state index in [9.17, 15) is 4.39 Å². The molecular weight excluding hydrogens is 487 g/mol. The highest BCUT2D eigenvalue weighted by atomic mass is 19.1. The number of pyridine rings is 1. The molecule has 3 N–H and O–H groups in total. The molecule has 196 valence electrons. The highest BCUT2D eigenvalue weighted by molar-refractivity contribution is 5.80. The number of nitrogens with one attached hydrogen (secondary N) is 1. The van der Waals surface area contributed by atoms with Crippen LogP contribution in [0.4, 0.5) is 21.7 Å². The van der Waals surface area contributed by atoms with Crippen molar-refractivity contribution in [1.29, 1.82) is 0 Å². The maximum absolute atomic E-state index is 14.6. The third kappa shape index (κ3) is 4.77. The number of methoxy groups -OCH3 is 1. The van der Waals surface area contributed by atoms with Gasteiger partial charge in [0.05, 0.1) is 38.1 Å². The van der Waals surface area contributed by atoms with Gasteiger partial charge in [0, 0.05) is 60.6 Å². The van der Waals surface area contributed by atoms with Crippen LogP contribution in [-0.2, 0) is 4.74 Å². The van der Waals surface area contributed by atoms with E-state index in [1.807, 2.05) is 29.3 Å². The summed E-state index contributed by atoms with van der Waals surface area (Å²) in [6.07, 6.45) is 9.36. The van der Waals surface area contributed by atoms with Crippen LogP contribution in [0.2, 0.25) is 0 Å². The minimum absolute atomic E-state index is 0.108. The van der Waals surface area contributed by atoms with Crippen molar-refractivity contribution in [1.82, 2.24) is 24.7 Å². The summed E-state index contributed by atoms with van der Waals surface area (Å²) in [6.45, 7) is 3.01. The molecule has 2 aliphatic heterocycles. The van der Waals surface area contributed by atoms with Gasteiger partial charge in [0.1, 0.15) is 23.2 Å². The maximum Gasteiger partial charge on any atom is 0.168 e. The topological polar surface area (TPSA) is 116 Å². The minimum Gasteiger partial charge on any atom is -0.496 e. The second-order valence-corrected chi connectivity index (χ2v) is 9.54. The number of benzene rings is 1. The second-order valence-electron chi connectivity index (χ2n) is 9.54. The van der Waals surface area contributed by atoms with Crippen molar-refractivity contribution < 1.29 is 13.9 Å². The van der Waals surface area contributed by atoms with Gasteiger partial charge in [-0.05, 0) is 31.0 Å². The van der Waals surface area contributed by atoms with E-state index in [0.717, 1.165) is 42.7 Å². The first kappa shape index (κ1) is 24.3. The fourth-order valence-electron chi connectivity index (χ4n) is 4.85. The van der Waals surface area contributed by atoms with Crippen LogP contribution in [0.5, 0.6) is 5.75 Å². The minimum atomic E-state index is -0.457. The van der Waals surface area contributed by atoms with Gasteiger partial charge in [-0.1, -0.05) is 6.07 Å². The quantitative estimate of drug-likeness (QED) is 0.378. The van der Waals surface area contributed by atoms with E-state index in [0.29, 0.717) is 30.6 Å². The number of halogens is 1. The van der Waals surface area contributed by atoms with Gasteiger partial charge in [-0.2, -0.15) is 5.10 Å². The van der Waals surface area contributed by atoms with Crippen molar-refractivity contribution >= 4 is 17.3 Å². The zero-order valence-electron chi connectivity index (χ0n) is 21.0. The van der Waals surface area contributed by atoms with Gasteiger partial charge in [-0.25, -0.2) is 19.3 Å². The Hall–Kier alpha value is -4.09. The summed E-state index contributed by atoms with van der Waals surface area (Å²) in [6, 6.07) is 8.72. The number of hydrogen-bond donors (Lipinski definition) is 2. The van der Waals surface area contributed by atoms with Crippen LogP contribution in [0, 0.1) is 5.82 Å². The lowest BCUT2D eigenvalue weighted by atomic mass is 10.0. The fraction of sp³-hybridized carbons (Fsp3) is 0.333. The molecule has 1 aromatic carbocycles. The van der Waals surface area contributed by atoms with Crippen molar-refractivity contribution in [3.05, 3.63) is 60.9 Å². The first-order valence-corrected chi connectivity index (χ1v) is 12.6. The lowest BCUT2D eigenvalue weighted by molar-refractivity contribution is -0.0286. The number of piperidine rings is 1. The predicted molar refractivity (Wildman–Crippen MR) is 142 cm³/mol. The van der Waals surface area contributed by atoms with Crippen molar-refractivity contribution in [3.8, 4) is 28.3 Å². The molecule has 0 unspecified atom stereocenters. The second kappa shape index (κ2) is 10.3. The van der Waals surface area contributed by atoms with Gasteiger partial charge in [-0.15, -0.1) is 0 Å². The van der Waals surface area contributed by atoms with Crippen LogP contribution in [0.3, 0.4) is 0 Å². The number of ether oxygens (including phenoxy) is 2. The maximum atomic E-state index is 14.6. The number of rotatable bonds is 7. The molecule has 0 spiro atoms. The van der Waals surface area contributed by atoms with E-state index in [-0.39, 0.29) is 23.5 Å². The summed E-state index contributed by atoms with van der Waals surface area (Å²) >= 11 is 0. The Bertz CT molecular complexity index is 1440. The van der Waals surface area contributed by atoms with E-state index in [1.165, 1.54) is 13.2 Å². The molecular formula is C27H29FN8O2. The molecule has 0 aliphatic carbocycles. The predicted octanol–water partition coefficient (Wildman–Crippen LogP) is 3.79. The van der Waals surface area contributed by atoms with Gasteiger partial charge in [0.25, 0.3) is 0 Å². The molecule has 0 radical (unpaired) electrons. The third-order valence-corrected chi connectivity index (χ3v) is 6.92. The van der Waals surface area contributed by atoms with Crippen LogP contribution in [0.15, 0.2) is 55.1 Å². The molecule has 4 aromatic rings. The van der Waals surface area contributed by atoms with Crippen LogP contribution in [0.25, 0.3) is 22.5 Å². The summed E-state index contributed by atoms with van der Waals surface area (Å²) in [7, 11) is 1.49. The molecule has 0 bridgehead atoms. The molecule has 10 nitrogen and oxygen atoms in total. The molecule has 5 heterocycles. The Labute approximate surface area is 219 Å². The van der Waals surface area contributed by atoms with Gasteiger partial charge in [0.15, 0.2) is 5.82 Å². The molecule has 1 atom stereocenters. The fourth-order valence-corrected chi connectivity index (χ4v) is 4.85. The third-order valence-electron chi connectivity index (χ3n) is 6.92. The molecule has 11 heteroatoms. The Morgan fingerprint density at radius 1 is 1.16 bits per heavy atom. The average Bonchev–Trinajstić information content (AvgIpc) is 3.36. The smallest absolute Gasteiger partial charge is 0.168 e. The molecule has 2 fully saturated rings. The van der Waals surface area contributed by atoms with Crippen LogP contribution >= 0.6 is 0 Å². The van der Waals surface area contributed by atoms with Crippen molar-refractivity contribution in [3.63, 3.8) is 0 Å². The lowest BCUT2D eigenvalue weighted by Crippen LogP contribution is -2.43. The number of hydrogen-bond acceptors (Lipinski definition) is 9. The Balaban J connectivity index is 1.33. The lowest BCUT2D eigenvalue weighted by Gasteiger charge is -2.34. The van der Waals surface area contributed by atoms with Crippen LogP contribution < -0.4 is 20.7 Å². The Morgan fingerprint density at radius 3 is 2.84 bits per heavy atom. The van der Waals surface area contributed by atoms with Crippen LogP contribution in [-0.4, -0.2) is 64.2 Å². The summed E-state index contributed by atoms with van der Waals surface area (Å²) in [5, 5.41) is 7.82. The first-order valence-electron chi connectivity index (χ1n) is 12.6. The largest absolute Gasteiger partial charge is 0.496 e. The molecule has 2 saturated heterocycles. The van der Waals surface area contributed by atoms with E-state index in [2.05, 4.69) is 30.3 Å². The zero-order chi connectivity index (χ0) is 26.1. The molecule has 6 rings (SSSR count). The number of nitrogens with zero attached hydrogens (tertiary/aromatic N) is 6. The summed E-state index contributed by atoms with van der Waals surface area (Å²) in [5.74, 6) is 1.22. The standard InChI is InChI=1S/C27H29FN8O2/c1-37-23-6-2-5-21(28)26(23)27-30-8-7-24(34-27)33-25-10-22(35-9-3-4-18(29)14-35)20(12-31-25)17-11-32-36(13-17)19-15-38-16-19/h2,5-8,10-13,18-19H,3-4,9,14-16,29H2,1H3,(H,30,31,33,34)/t18-/m0/s1. The summed E-state index contributed by atoms with van der Waals surface area (Å²) in [4.78, 5) is 15.8. The highest BCUT2D eigenvalue weighted by Gasteiger charge is 2.24. The molecule has 2 aliphatic rings. The molecule has 0 amide bonds. The summed E-state index contributed by atoms with van der Waals surface area (Å²) < 4.78 is 27.2. The SMILES string of the molecule is COc1cccc(F)c1-c1nccc(Nc2cc(N3CCC[C@H](N)C3)c(-c3cnn(C4COC4)c3)cn2)n1. The van der Waals surface area contributed by atoms with Gasteiger partial charge < -0.3 is 25.4 Å². The summed E-state index contributed by atoms with van der Waals surface area (Å²) in [5.41, 5.74) is 9.53. The van der Waals surface area contributed by atoms with Crippen molar-refractivity contribution in [2.24, 2.45) is 5.73 Å². The highest BCUT2D eigenvalue weighted by Crippen LogP contribution is 2.35. The monoisotopic (exact) mass is 516 g/mol. The van der Waals surface area contributed by atoms with Gasteiger partial charge in [-0.3, -0.25) is 4.68 Å². The first-order chi connectivity index (χ1) is 18.6. The average molecular weight is 517 g/mol. The Kier molecular flexibility index (Phi) is 6.61. The number of nitrogens with two attached hydrogens (primary N) is 1. The normalized spacial score (nSPS) is 17.8. The van der Waals surface area contributed by atoms with Crippen molar-refractivity contribution in [2.75, 3.05) is 43.6 Å². The number of anilines is 3. The van der Waals surface area contributed by atoms with E-state index >= 15 is 0 Å². The zero-order valence-corrected chi connectivity index (χ0v) is 21.0. The van der Waals surface area contributed by atoms with Gasteiger partial charge >= 0.3 is 0 Å². The molecule has 0 saturated carbocycles. The van der Waals surface area contributed by atoms with Crippen molar-refractivity contribution in [2.45, 2.75) is 24.9 Å². The molecule has 38 heavy (non-hydrogen) atoms. The van der Waals surface area contributed by atoms with Gasteiger partial charge in [0.2, 0.25) is 0 Å². The van der Waals surface area contributed by atoms with E-state index in [4.69, 9.17) is 15.2 Å². The molecule has 3 aromatic heterocycles. The number of aromatic nitrogens is 5. The van der Waals surface area contributed by atoms with E-state index in [1.54, 1.807) is 24.4 Å². The van der Waals surface area contributed by atoms with Crippen LogP contribution in [0.1, 0.15) is 18.9 Å².